The smallest absolute Gasteiger partial charge is 0.256 e. The quantitative estimate of drug-likeness (QED) is 0.621. The van der Waals surface area contributed by atoms with E-state index in [2.05, 4.69) is 55.3 Å². The zero-order valence-electron chi connectivity index (χ0n) is 21.0. The molecule has 5 rings (SSSR count). The molecule has 0 aromatic heterocycles. The summed E-state index contributed by atoms with van der Waals surface area (Å²) in [5, 5.41) is 14.8. The molecular weight excluding hydrogens is 420 g/mol. The SMILES string of the molecule is CC(C)(C)c1ccc(CN2CC3C(CNC(=O)[C@@](O)(c4ccccc4)C4CCCC4)C3C2)cc1. The van der Waals surface area contributed by atoms with Crippen LogP contribution in [0.5, 0.6) is 0 Å². The van der Waals surface area contributed by atoms with Crippen LogP contribution in [0.3, 0.4) is 0 Å². The highest BCUT2D eigenvalue weighted by molar-refractivity contribution is 5.86. The second kappa shape index (κ2) is 9.13. The van der Waals surface area contributed by atoms with E-state index in [1.807, 2.05) is 30.3 Å². The average molecular weight is 461 g/mol. The van der Waals surface area contributed by atoms with Gasteiger partial charge in [0.2, 0.25) is 0 Å². The Morgan fingerprint density at radius 2 is 1.56 bits per heavy atom. The summed E-state index contributed by atoms with van der Waals surface area (Å²) < 4.78 is 0. The first-order valence-corrected chi connectivity index (χ1v) is 13.1. The molecule has 0 spiro atoms. The van der Waals surface area contributed by atoms with Crippen LogP contribution in [0.2, 0.25) is 0 Å². The number of piperidine rings is 1. The van der Waals surface area contributed by atoms with Gasteiger partial charge in [-0.2, -0.15) is 0 Å². The van der Waals surface area contributed by atoms with Gasteiger partial charge in [0.15, 0.2) is 5.60 Å². The Hall–Kier alpha value is -2.17. The number of carbonyl (C=O) groups excluding carboxylic acids is 1. The van der Waals surface area contributed by atoms with E-state index < -0.39 is 5.60 Å². The van der Waals surface area contributed by atoms with Crippen LogP contribution in [-0.4, -0.2) is 35.5 Å². The first-order chi connectivity index (χ1) is 16.3. The van der Waals surface area contributed by atoms with Crippen molar-refractivity contribution in [3.8, 4) is 0 Å². The van der Waals surface area contributed by atoms with E-state index in [0.717, 1.165) is 50.9 Å². The minimum atomic E-state index is -1.41. The molecule has 1 aliphatic heterocycles. The second-order valence-electron chi connectivity index (χ2n) is 12.0. The Morgan fingerprint density at radius 3 is 2.15 bits per heavy atom. The summed E-state index contributed by atoms with van der Waals surface area (Å²) in [6.07, 6.45) is 4.02. The molecule has 2 aliphatic carbocycles. The van der Waals surface area contributed by atoms with Crippen molar-refractivity contribution in [3.63, 3.8) is 0 Å². The molecule has 182 valence electrons. The Morgan fingerprint density at radius 1 is 0.941 bits per heavy atom. The normalized spacial score (nSPS) is 26.8. The van der Waals surface area contributed by atoms with Gasteiger partial charge in [0, 0.05) is 32.1 Å². The zero-order chi connectivity index (χ0) is 23.9. The van der Waals surface area contributed by atoms with Gasteiger partial charge in [0.05, 0.1) is 0 Å². The van der Waals surface area contributed by atoms with Crippen molar-refractivity contribution in [3.05, 3.63) is 71.3 Å². The monoisotopic (exact) mass is 460 g/mol. The Labute approximate surface area is 204 Å². The van der Waals surface area contributed by atoms with Gasteiger partial charge in [-0.15, -0.1) is 0 Å². The minimum absolute atomic E-state index is 0.00812. The minimum Gasteiger partial charge on any atom is -0.375 e. The summed E-state index contributed by atoms with van der Waals surface area (Å²) in [6, 6.07) is 18.6. The van der Waals surface area contributed by atoms with E-state index in [9.17, 15) is 9.90 Å². The lowest BCUT2D eigenvalue weighted by Gasteiger charge is -2.33. The maximum atomic E-state index is 13.3. The number of benzene rings is 2. The molecule has 1 saturated heterocycles. The summed E-state index contributed by atoms with van der Waals surface area (Å²) in [7, 11) is 0. The molecule has 0 radical (unpaired) electrons. The van der Waals surface area contributed by atoms with Crippen LogP contribution in [0.1, 0.15) is 63.1 Å². The molecule has 1 heterocycles. The standard InChI is InChI=1S/C30H40N2O2/c1-29(2,3)22-15-13-21(14-16-22)18-32-19-26-25(27(26)20-32)17-31-28(33)30(34,24-11-7-8-12-24)23-9-5-4-6-10-23/h4-6,9-10,13-16,24-27,34H,7-8,11-12,17-20H2,1-3H3,(H,31,33)/t25?,26?,27?,30-/m1/s1. The van der Waals surface area contributed by atoms with Crippen molar-refractivity contribution < 1.29 is 9.90 Å². The molecule has 3 aliphatic rings. The average Bonchev–Trinajstić information content (AvgIpc) is 3.22. The lowest BCUT2D eigenvalue weighted by atomic mass is 9.79. The summed E-state index contributed by atoms with van der Waals surface area (Å²) in [5.74, 6) is 1.70. The third kappa shape index (κ3) is 4.55. The number of hydrogen-bond donors (Lipinski definition) is 2. The van der Waals surface area contributed by atoms with E-state index in [1.54, 1.807) is 0 Å². The summed E-state index contributed by atoms with van der Waals surface area (Å²) in [5.41, 5.74) is 2.27. The number of hydrogen-bond acceptors (Lipinski definition) is 3. The molecule has 2 aromatic carbocycles. The largest absolute Gasteiger partial charge is 0.375 e. The van der Waals surface area contributed by atoms with Crippen LogP contribution in [0.25, 0.3) is 0 Å². The molecule has 3 atom stereocenters. The summed E-state index contributed by atoms with van der Waals surface area (Å²) in [6.45, 7) is 10.7. The lowest BCUT2D eigenvalue weighted by Crippen LogP contribution is -2.49. The molecule has 3 fully saturated rings. The van der Waals surface area contributed by atoms with E-state index in [4.69, 9.17) is 0 Å². The van der Waals surface area contributed by atoms with Gasteiger partial charge in [-0.3, -0.25) is 9.69 Å². The van der Waals surface area contributed by atoms with Gasteiger partial charge in [0.1, 0.15) is 0 Å². The number of nitrogens with one attached hydrogen (secondary N) is 1. The van der Waals surface area contributed by atoms with Gasteiger partial charge in [-0.05, 0) is 52.7 Å². The van der Waals surface area contributed by atoms with Crippen LogP contribution >= 0.6 is 0 Å². The number of nitrogens with zero attached hydrogens (tertiary/aromatic N) is 1. The van der Waals surface area contributed by atoms with Gasteiger partial charge in [-0.25, -0.2) is 0 Å². The van der Waals surface area contributed by atoms with E-state index >= 15 is 0 Å². The molecule has 34 heavy (non-hydrogen) atoms. The van der Waals surface area contributed by atoms with Gasteiger partial charge in [0.25, 0.3) is 5.91 Å². The topological polar surface area (TPSA) is 52.6 Å². The highest BCUT2D eigenvalue weighted by Crippen LogP contribution is 2.51. The fourth-order valence-corrected chi connectivity index (χ4v) is 6.47. The molecule has 1 amide bonds. The first kappa shape index (κ1) is 23.6. The second-order valence-corrected chi connectivity index (χ2v) is 12.0. The van der Waals surface area contributed by atoms with Crippen molar-refractivity contribution in [2.75, 3.05) is 19.6 Å². The number of aliphatic hydroxyl groups is 1. The van der Waals surface area contributed by atoms with Crippen LogP contribution < -0.4 is 5.32 Å². The third-order valence-electron chi connectivity index (χ3n) is 8.68. The molecule has 4 nitrogen and oxygen atoms in total. The van der Waals surface area contributed by atoms with Crippen LogP contribution in [0.4, 0.5) is 0 Å². The Balaban J connectivity index is 1.14. The molecule has 2 saturated carbocycles. The van der Waals surface area contributed by atoms with Crippen LogP contribution in [0.15, 0.2) is 54.6 Å². The predicted octanol–water partition coefficient (Wildman–Crippen LogP) is 4.86. The number of rotatable bonds is 7. The first-order valence-electron chi connectivity index (χ1n) is 13.1. The van der Waals surface area contributed by atoms with Crippen molar-refractivity contribution in [2.24, 2.45) is 23.7 Å². The van der Waals surface area contributed by atoms with E-state index in [1.165, 1.54) is 11.1 Å². The van der Waals surface area contributed by atoms with E-state index in [-0.39, 0.29) is 17.2 Å². The molecule has 4 heteroatoms. The Kier molecular flexibility index (Phi) is 6.32. The Bertz CT molecular complexity index is 979. The zero-order valence-corrected chi connectivity index (χ0v) is 21.0. The number of fused-ring (bicyclic) bond motifs is 1. The maximum Gasteiger partial charge on any atom is 0.256 e. The molecule has 2 unspecified atom stereocenters. The van der Waals surface area contributed by atoms with Crippen molar-refractivity contribution in [1.29, 1.82) is 0 Å². The number of likely N-dealkylation sites (tertiary alicyclic amines) is 1. The molecule has 2 N–H and O–H groups in total. The third-order valence-corrected chi connectivity index (χ3v) is 8.68. The van der Waals surface area contributed by atoms with Crippen molar-refractivity contribution >= 4 is 5.91 Å². The number of carbonyl (C=O) groups is 1. The molecule has 2 aromatic rings. The maximum absolute atomic E-state index is 13.3. The lowest BCUT2D eigenvalue weighted by molar-refractivity contribution is -0.147. The summed E-state index contributed by atoms with van der Waals surface area (Å²) in [4.78, 5) is 15.9. The predicted molar refractivity (Wildman–Crippen MR) is 136 cm³/mol. The van der Waals surface area contributed by atoms with Crippen molar-refractivity contribution in [2.45, 2.75) is 64.0 Å². The van der Waals surface area contributed by atoms with Gasteiger partial charge in [-0.1, -0.05) is 88.2 Å². The number of amides is 1. The molecule has 0 bridgehead atoms. The van der Waals surface area contributed by atoms with Gasteiger partial charge >= 0.3 is 0 Å². The van der Waals surface area contributed by atoms with Crippen LogP contribution in [0, 0.1) is 23.7 Å². The highest BCUT2D eigenvalue weighted by atomic mass is 16.3. The van der Waals surface area contributed by atoms with Gasteiger partial charge < -0.3 is 10.4 Å². The van der Waals surface area contributed by atoms with E-state index in [0.29, 0.717) is 24.3 Å². The molecular formula is C30H40N2O2. The fourth-order valence-electron chi connectivity index (χ4n) is 6.47. The fraction of sp³-hybridized carbons (Fsp3) is 0.567. The summed E-state index contributed by atoms with van der Waals surface area (Å²) >= 11 is 0. The highest BCUT2D eigenvalue weighted by Gasteiger charge is 2.55. The van der Waals surface area contributed by atoms with Crippen LogP contribution in [-0.2, 0) is 22.4 Å². The van der Waals surface area contributed by atoms with Crippen molar-refractivity contribution in [1.82, 2.24) is 10.2 Å².